The number of carbonyl (C=O) groups is 2. The van der Waals surface area contributed by atoms with Crippen LogP contribution in [0.1, 0.15) is 4.88 Å². The number of rotatable bonds is 5. The summed E-state index contributed by atoms with van der Waals surface area (Å²) in [6, 6.07) is 0. The fraction of sp³-hybridized carbons (Fsp3) is 0.200. The third-order valence-electron chi connectivity index (χ3n) is 1.69. The first-order valence-corrected chi connectivity index (χ1v) is 6.96. The Morgan fingerprint density at radius 2 is 2.12 bits per heavy atom. The quantitative estimate of drug-likeness (QED) is 0.627. The minimum absolute atomic E-state index is 0.217. The molecule has 1 aromatic rings. The summed E-state index contributed by atoms with van der Waals surface area (Å²) in [4.78, 5) is 22.2. The van der Waals surface area contributed by atoms with Crippen LogP contribution in [-0.4, -0.2) is 23.7 Å². The SMILES string of the molecule is O=C(O)/C=C/C(=O)OCCc1scc(Br)c1Br. The van der Waals surface area contributed by atoms with Gasteiger partial charge in [0.25, 0.3) is 0 Å². The summed E-state index contributed by atoms with van der Waals surface area (Å²) in [5.74, 6) is -1.83. The second-order valence-electron chi connectivity index (χ2n) is 2.91. The highest BCUT2D eigenvalue weighted by molar-refractivity contribution is 9.13. The van der Waals surface area contributed by atoms with E-state index < -0.39 is 11.9 Å². The van der Waals surface area contributed by atoms with Crippen LogP contribution in [-0.2, 0) is 20.7 Å². The molecule has 0 bridgehead atoms. The number of thiophene rings is 1. The zero-order valence-electron chi connectivity index (χ0n) is 8.48. The maximum Gasteiger partial charge on any atom is 0.331 e. The van der Waals surface area contributed by atoms with E-state index in [9.17, 15) is 9.59 Å². The van der Waals surface area contributed by atoms with E-state index in [0.29, 0.717) is 6.42 Å². The fourth-order valence-electron chi connectivity index (χ4n) is 0.960. The van der Waals surface area contributed by atoms with E-state index in [-0.39, 0.29) is 6.61 Å². The number of halogens is 2. The third kappa shape index (κ3) is 5.01. The lowest BCUT2D eigenvalue weighted by Gasteiger charge is -2.00. The highest BCUT2D eigenvalue weighted by Gasteiger charge is 2.07. The van der Waals surface area contributed by atoms with Crippen molar-refractivity contribution >= 4 is 55.1 Å². The number of ether oxygens (including phenoxy) is 1. The molecule has 0 unspecified atom stereocenters. The molecule has 4 nitrogen and oxygen atoms in total. The maximum atomic E-state index is 11.0. The van der Waals surface area contributed by atoms with Gasteiger partial charge in [-0.25, -0.2) is 9.59 Å². The first kappa shape index (κ1) is 14.4. The Kier molecular flexibility index (Phi) is 5.87. The van der Waals surface area contributed by atoms with Crippen molar-refractivity contribution in [1.82, 2.24) is 0 Å². The van der Waals surface area contributed by atoms with Gasteiger partial charge in [0.15, 0.2) is 0 Å². The predicted octanol–water partition coefficient (Wildman–Crippen LogP) is 3.00. The molecule has 1 rings (SSSR count). The number of hydrogen-bond acceptors (Lipinski definition) is 4. The number of carbonyl (C=O) groups excluding carboxylic acids is 1. The molecule has 0 aliphatic rings. The topological polar surface area (TPSA) is 63.6 Å². The number of carboxylic acid groups (broad SMARTS) is 1. The van der Waals surface area contributed by atoms with Crippen molar-refractivity contribution in [2.24, 2.45) is 0 Å². The van der Waals surface area contributed by atoms with Crippen LogP contribution in [0.25, 0.3) is 0 Å². The van der Waals surface area contributed by atoms with E-state index in [2.05, 4.69) is 31.9 Å². The van der Waals surface area contributed by atoms with Crippen LogP contribution in [0.15, 0.2) is 26.5 Å². The van der Waals surface area contributed by atoms with Crippen LogP contribution < -0.4 is 0 Å². The molecule has 92 valence electrons. The summed E-state index contributed by atoms with van der Waals surface area (Å²) >= 11 is 8.30. The Labute approximate surface area is 119 Å². The lowest BCUT2D eigenvalue weighted by molar-refractivity contribution is -0.138. The number of esters is 1. The molecule has 0 radical (unpaired) electrons. The van der Waals surface area contributed by atoms with Gasteiger partial charge >= 0.3 is 11.9 Å². The van der Waals surface area contributed by atoms with Crippen molar-refractivity contribution in [2.45, 2.75) is 6.42 Å². The molecule has 0 atom stereocenters. The molecule has 17 heavy (non-hydrogen) atoms. The molecule has 0 aliphatic heterocycles. The van der Waals surface area contributed by atoms with Gasteiger partial charge in [-0.1, -0.05) is 0 Å². The first-order chi connectivity index (χ1) is 8.00. The highest BCUT2D eigenvalue weighted by atomic mass is 79.9. The molecule has 0 spiro atoms. The van der Waals surface area contributed by atoms with Gasteiger partial charge in [0.2, 0.25) is 0 Å². The van der Waals surface area contributed by atoms with Crippen molar-refractivity contribution < 1.29 is 19.4 Å². The molecular formula is C10H8Br2O4S. The summed E-state index contributed by atoms with van der Waals surface area (Å²) in [5.41, 5.74) is 0. The largest absolute Gasteiger partial charge is 0.478 e. The van der Waals surface area contributed by atoms with E-state index in [4.69, 9.17) is 9.84 Å². The number of carboxylic acids is 1. The minimum atomic E-state index is -1.17. The molecule has 0 saturated heterocycles. The van der Waals surface area contributed by atoms with Gasteiger partial charge < -0.3 is 9.84 Å². The molecular weight excluding hydrogens is 376 g/mol. The molecule has 0 aromatic carbocycles. The Balaban J connectivity index is 2.36. The summed E-state index contributed by atoms with van der Waals surface area (Å²) in [6.45, 7) is 0.217. The molecule has 0 amide bonds. The van der Waals surface area contributed by atoms with Gasteiger partial charge in [0, 0.05) is 37.8 Å². The summed E-state index contributed by atoms with van der Waals surface area (Å²) in [7, 11) is 0. The van der Waals surface area contributed by atoms with Crippen LogP contribution in [0.5, 0.6) is 0 Å². The Bertz CT molecular complexity index is 453. The second kappa shape index (κ2) is 6.93. The smallest absolute Gasteiger partial charge is 0.331 e. The fourth-order valence-corrected chi connectivity index (χ4v) is 3.13. The minimum Gasteiger partial charge on any atom is -0.478 e. The van der Waals surface area contributed by atoms with Crippen LogP contribution in [0.4, 0.5) is 0 Å². The predicted molar refractivity (Wildman–Crippen MR) is 71.2 cm³/mol. The van der Waals surface area contributed by atoms with Gasteiger partial charge in [-0.15, -0.1) is 11.3 Å². The van der Waals surface area contributed by atoms with Crippen LogP contribution >= 0.6 is 43.2 Å². The highest BCUT2D eigenvalue weighted by Crippen LogP contribution is 2.32. The summed E-state index contributed by atoms with van der Waals surface area (Å²) < 4.78 is 6.77. The first-order valence-electron chi connectivity index (χ1n) is 4.50. The van der Waals surface area contributed by atoms with Crippen LogP contribution in [0, 0.1) is 0 Å². The third-order valence-corrected chi connectivity index (χ3v) is 5.37. The van der Waals surface area contributed by atoms with Gasteiger partial charge in [0.05, 0.1) is 6.61 Å². The standard InChI is InChI=1S/C10H8Br2O4S/c11-6-5-17-7(10(6)12)3-4-16-9(15)2-1-8(13)14/h1-2,5H,3-4H2,(H,13,14)/b2-1+. The van der Waals surface area contributed by atoms with Gasteiger partial charge in [-0.05, 0) is 31.9 Å². The van der Waals surface area contributed by atoms with Gasteiger partial charge in [-0.2, -0.15) is 0 Å². The lowest BCUT2D eigenvalue weighted by Crippen LogP contribution is -2.05. The summed E-state index contributed by atoms with van der Waals surface area (Å²) in [6.07, 6.45) is 2.23. The van der Waals surface area contributed by atoms with Crippen LogP contribution in [0.3, 0.4) is 0 Å². The molecule has 0 fully saturated rings. The average Bonchev–Trinajstić information content (AvgIpc) is 2.58. The Hall–Kier alpha value is -0.660. The van der Waals surface area contributed by atoms with Crippen molar-refractivity contribution in [2.75, 3.05) is 6.61 Å². The van der Waals surface area contributed by atoms with Crippen molar-refractivity contribution in [3.63, 3.8) is 0 Å². The van der Waals surface area contributed by atoms with Gasteiger partial charge in [0.1, 0.15) is 0 Å². The molecule has 1 heterocycles. The summed E-state index contributed by atoms with van der Waals surface area (Å²) in [5, 5.41) is 10.2. The zero-order valence-corrected chi connectivity index (χ0v) is 12.5. The Morgan fingerprint density at radius 1 is 1.41 bits per heavy atom. The lowest BCUT2D eigenvalue weighted by atomic mass is 10.4. The number of hydrogen-bond donors (Lipinski definition) is 1. The maximum absolute atomic E-state index is 11.0. The molecule has 7 heteroatoms. The average molecular weight is 384 g/mol. The van der Waals surface area contributed by atoms with Crippen LogP contribution in [0.2, 0.25) is 0 Å². The van der Waals surface area contributed by atoms with E-state index in [1.807, 2.05) is 5.38 Å². The van der Waals surface area contributed by atoms with E-state index in [1.165, 1.54) is 0 Å². The van der Waals surface area contributed by atoms with E-state index >= 15 is 0 Å². The van der Waals surface area contributed by atoms with Gasteiger partial charge in [-0.3, -0.25) is 0 Å². The van der Waals surface area contributed by atoms with Crippen molar-refractivity contribution in [1.29, 1.82) is 0 Å². The zero-order chi connectivity index (χ0) is 12.8. The molecule has 1 aromatic heterocycles. The monoisotopic (exact) mass is 382 g/mol. The molecule has 1 N–H and O–H groups in total. The second-order valence-corrected chi connectivity index (χ2v) is 5.52. The number of aliphatic carboxylic acids is 1. The van der Waals surface area contributed by atoms with Crippen molar-refractivity contribution in [3.8, 4) is 0 Å². The molecule has 0 saturated carbocycles. The van der Waals surface area contributed by atoms with E-state index in [0.717, 1.165) is 26.0 Å². The van der Waals surface area contributed by atoms with Crippen molar-refractivity contribution in [3.05, 3.63) is 31.4 Å². The molecule has 0 aliphatic carbocycles. The van der Waals surface area contributed by atoms with E-state index in [1.54, 1.807) is 11.3 Å². The Morgan fingerprint density at radius 3 is 2.65 bits per heavy atom. The normalized spacial score (nSPS) is 10.7.